The van der Waals surface area contributed by atoms with Gasteiger partial charge in [0.25, 0.3) is 0 Å². The minimum absolute atomic E-state index is 0.142. The van der Waals surface area contributed by atoms with Gasteiger partial charge in [-0.25, -0.2) is 4.79 Å². The number of nitrogens with zero attached hydrogens (tertiary/aromatic N) is 2. The van der Waals surface area contributed by atoms with Crippen molar-refractivity contribution in [1.82, 2.24) is 14.5 Å². The highest BCUT2D eigenvalue weighted by Crippen LogP contribution is 2.33. The molecule has 0 atom stereocenters. The Morgan fingerprint density at radius 1 is 1.47 bits per heavy atom. The van der Waals surface area contributed by atoms with E-state index in [-0.39, 0.29) is 5.69 Å². The molecule has 0 spiro atoms. The molecule has 15 heavy (non-hydrogen) atoms. The van der Waals surface area contributed by atoms with E-state index in [2.05, 4.69) is 19.2 Å². The van der Waals surface area contributed by atoms with Crippen LogP contribution in [-0.2, 0) is 6.54 Å². The predicted molar refractivity (Wildman–Crippen MR) is 60.1 cm³/mol. The van der Waals surface area contributed by atoms with Crippen molar-refractivity contribution < 1.29 is 0 Å². The van der Waals surface area contributed by atoms with Gasteiger partial charge in [0.05, 0.1) is 0 Å². The first-order valence-corrected chi connectivity index (χ1v) is 5.69. The summed E-state index contributed by atoms with van der Waals surface area (Å²) < 4.78 is 3.64. The Balaban J connectivity index is 1.94. The molecule has 1 fully saturated rings. The number of hydrogen-bond donors (Lipinski definition) is 1. The van der Waals surface area contributed by atoms with E-state index < -0.39 is 0 Å². The number of hydrogen-bond acceptors (Lipinski definition) is 2. The van der Waals surface area contributed by atoms with Crippen LogP contribution in [0.15, 0.2) is 17.2 Å². The molecule has 0 amide bonds. The molecule has 0 radical (unpaired) electrons. The van der Waals surface area contributed by atoms with Crippen molar-refractivity contribution in [3.63, 3.8) is 0 Å². The van der Waals surface area contributed by atoms with E-state index in [4.69, 9.17) is 0 Å². The summed E-state index contributed by atoms with van der Waals surface area (Å²) in [6, 6.07) is 0.961. The average molecular weight is 209 g/mol. The van der Waals surface area contributed by atoms with Gasteiger partial charge in [-0.15, -0.1) is 0 Å². The normalized spacial score (nSPS) is 16.2. The van der Waals surface area contributed by atoms with Gasteiger partial charge in [-0.1, -0.05) is 13.8 Å². The van der Waals surface area contributed by atoms with E-state index >= 15 is 0 Å². The van der Waals surface area contributed by atoms with Crippen LogP contribution in [0, 0.1) is 0 Å². The Kier molecular flexibility index (Phi) is 2.95. The molecule has 1 aliphatic carbocycles. The van der Waals surface area contributed by atoms with Crippen molar-refractivity contribution in [1.29, 1.82) is 0 Å². The van der Waals surface area contributed by atoms with Crippen LogP contribution >= 0.6 is 0 Å². The molecular formula is C11H19N3O. The fraction of sp³-hybridized carbons (Fsp3) is 0.727. The van der Waals surface area contributed by atoms with Crippen LogP contribution < -0.4 is 11.0 Å². The highest BCUT2D eigenvalue weighted by molar-refractivity contribution is 4.91. The summed E-state index contributed by atoms with van der Waals surface area (Å²) in [6.45, 7) is 5.83. The van der Waals surface area contributed by atoms with Crippen LogP contribution in [0.25, 0.3) is 0 Å². The number of imidazole rings is 1. The highest BCUT2D eigenvalue weighted by atomic mass is 16.1. The third-order valence-electron chi connectivity index (χ3n) is 2.72. The third kappa shape index (κ3) is 2.50. The first kappa shape index (κ1) is 10.5. The molecule has 1 saturated carbocycles. The maximum Gasteiger partial charge on any atom is 0.328 e. The Hall–Kier alpha value is -1.03. The summed E-state index contributed by atoms with van der Waals surface area (Å²) in [5.41, 5.74) is 0.142. The van der Waals surface area contributed by atoms with E-state index in [1.54, 1.807) is 4.57 Å². The summed E-state index contributed by atoms with van der Waals surface area (Å²) >= 11 is 0. The molecule has 0 aliphatic heterocycles. The molecule has 1 aromatic heterocycles. The van der Waals surface area contributed by atoms with Gasteiger partial charge in [-0.05, 0) is 12.8 Å². The second-order valence-electron chi connectivity index (χ2n) is 4.52. The van der Waals surface area contributed by atoms with Crippen molar-refractivity contribution >= 4 is 0 Å². The lowest BCUT2D eigenvalue weighted by Gasteiger charge is -2.07. The van der Waals surface area contributed by atoms with E-state index in [1.165, 1.54) is 0 Å². The van der Waals surface area contributed by atoms with Crippen LogP contribution in [0.4, 0.5) is 0 Å². The second-order valence-corrected chi connectivity index (χ2v) is 4.52. The topological polar surface area (TPSA) is 39.0 Å². The van der Waals surface area contributed by atoms with Gasteiger partial charge in [-0.3, -0.25) is 9.13 Å². The van der Waals surface area contributed by atoms with Gasteiger partial charge < -0.3 is 5.32 Å². The van der Waals surface area contributed by atoms with E-state index in [0.29, 0.717) is 12.1 Å². The zero-order valence-electron chi connectivity index (χ0n) is 9.44. The maximum atomic E-state index is 11.8. The molecule has 0 bridgehead atoms. The smallest absolute Gasteiger partial charge is 0.313 e. The van der Waals surface area contributed by atoms with Gasteiger partial charge in [0.15, 0.2) is 0 Å². The zero-order valence-corrected chi connectivity index (χ0v) is 9.44. The molecule has 1 N–H and O–H groups in total. The summed E-state index contributed by atoms with van der Waals surface area (Å²) in [6.07, 6.45) is 6.13. The van der Waals surface area contributed by atoms with E-state index in [1.807, 2.05) is 17.0 Å². The number of nitrogens with one attached hydrogen (secondary N) is 1. The van der Waals surface area contributed by atoms with Crippen LogP contribution in [0.5, 0.6) is 0 Å². The second kappa shape index (κ2) is 4.23. The summed E-state index contributed by atoms with van der Waals surface area (Å²) in [7, 11) is 0. The fourth-order valence-corrected chi connectivity index (χ4v) is 1.70. The molecule has 1 heterocycles. The van der Waals surface area contributed by atoms with Gasteiger partial charge in [-0.2, -0.15) is 0 Å². The van der Waals surface area contributed by atoms with E-state index in [9.17, 15) is 4.79 Å². The van der Waals surface area contributed by atoms with Crippen molar-refractivity contribution in [3.05, 3.63) is 22.9 Å². The monoisotopic (exact) mass is 209 g/mol. The highest BCUT2D eigenvalue weighted by Gasteiger charge is 2.25. The zero-order chi connectivity index (χ0) is 10.8. The Bertz CT molecular complexity index is 373. The minimum Gasteiger partial charge on any atom is -0.313 e. The van der Waals surface area contributed by atoms with Gasteiger partial charge in [0, 0.05) is 37.6 Å². The largest absolute Gasteiger partial charge is 0.328 e. The molecule has 2 rings (SSSR count). The Morgan fingerprint density at radius 2 is 2.20 bits per heavy atom. The molecule has 0 aromatic carbocycles. The van der Waals surface area contributed by atoms with Crippen LogP contribution in [0.2, 0.25) is 0 Å². The number of rotatable bonds is 5. The van der Waals surface area contributed by atoms with Gasteiger partial charge in [0.2, 0.25) is 0 Å². The third-order valence-corrected chi connectivity index (χ3v) is 2.72. The van der Waals surface area contributed by atoms with Gasteiger partial charge in [0.1, 0.15) is 0 Å². The first-order chi connectivity index (χ1) is 7.18. The molecule has 4 nitrogen and oxygen atoms in total. The fourth-order valence-electron chi connectivity index (χ4n) is 1.70. The Morgan fingerprint density at radius 3 is 2.80 bits per heavy atom. The average Bonchev–Trinajstić information content (AvgIpc) is 2.94. The summed E-state index contributed by atoms with van der Waals surface area (Å²) in [5.74, 6) is 0. The molecule has 1 aromatic rings. The van der Waals surface area contributed by atoms with Crippen LogP contribution in [-0.4, -0.2) is 21.7 Å². The predicted octanol–water partition coefficient (Wildman–Crippen LogP) is 0.983. The lowest BCUT2D eigenvalue weighted by atomic mass is 10.4. The summed E-state index contributed by atoms with van der Waals surface area (Å²) in [5, 5.41) is 3.31. The minimum atomic E-state index is 0.142. The standard InChI is InChI=1S/C11H19N3O/c1-9(2)12-5-6-13-7-8-14(11(13)15)10-3-4-10/h7-10,12H,3-6H2,1-2H3. The molecule has 4 heteroatoms. The SMILES string of the molecule is CC(C)NCCn1ccn(C2CC2)c1=O. The van der Waals surface area contributed by atoms with Crippen LogP contribution in [0.3, 0.4) is 0 Å². The lowest BCUT2D eigenvalue weighted by molar-refractivity contribution is 0.527. The lowest BCUT2D eigenvalue weighted by Crippen LogP contribution is -2.31. The number of aromatic nitrogens is 2. The van der Waals surface area contributed by atoms with Crippen molar-refractivity contribution in [2.24, 2.45) is 0 Å². The molecule has 1 aliphatic rings. The van der Waals surface area contributed by atoms with E-state index in [0.717, 1.165) is 25.9 Å². The summed E-state index contributed by atoms with van der Waals surface area (Å²) in [4.78, 5) is 11.8. The van der Waals surface area contributed by atoms with Crippen molar-refractivity contribution in [3.8, 4) is 0 Å². The maximum absolute atomic E-state index is 11.8. The molecule has 84 valence electrons. The van der Waals surface area contributed by atoms with Gasteiger partial charge >= 0.3 is 5.69 Å². The van der Waals surface area contributed by atoms with Crippen LogP contribution in [0.1, 0.15) is 32.7 Å². The van der Waals surface area contributed by atoms with Crippen molar-refractivity contribution in [2.75, 3.05) is 6.54 Å². The first-order valence-electron chi connectivity index (χ1n) is 5.69. The molecule has 0 saturated heterocycles. The molecule has 0 unspecified atom stereocenters. The quantitative estimate of drug-likeness (QED) is 0.785. The van der Waals surface area contributed by atoms with Crippen molar-refractivity contribution in [2.45, 2.75) is 45.3 Å². The Labute approximate surface area is 89.9 Å². The molecular weight excluding hydrogens is 190 g/mol.